The van der Waals surface area contributed by atoms with Gasteiger partial charge in [0.2, 0.25) is 0 Å². The number of hydrogen-bond donors (Lipinski definition) is 2. The lowest BCUT2D eigenvalue weighted by Gasteiger charge is -2.27. The topological polar surface area (TPSA) is 36.4 Å². The number of rotatable bonds is 4. The van der Waals surface area contributed by atoms with Crippen LogP contribution in [0.3, 0.4) is 0 Å². The summed E-state index contributed by atoms with van der Waals surface area (Å²) in [5, 5.41) is 6.92. The van der Waals surface area contributed by atoms with Crippen molar-refractivity contribution in [3.8, 4) is 0 Å². The lowest BCUT2D eigenvalue weighted by Crippen LogP contribution is -2.46. The molecule has 0 bridgehead atoms. The first-order valence-corrected chi connectivity index (χ1v) is 6.94. The van der Waals surface area contributed by atoms with Gasteiger partial charge in [-0.1, -0.05) is 33.6 Å². The fourth-order valence-corrected chi connectivity index (χ4v) is 2.28. The Balaban J connectivity index is 2.37. The molecule has 1 saturated carbocycles. The van der Waals surface area contributed by atoms with Crippen molar-refractivity contribution in [2.24, 2.45) is 16.3 Å². The Morgan fingerprint density at radius 3 is 2.29 bits per heavy atom. The van der Waals surface area contributed by atoms with Gasteiger partial charge >= 0.3 is 0 Å². The van der Waals surface area contributed by atoms with E-state index in [1.807, 2.05) is 7.05 Å². The lowest BCUT2D eigenvalue weighted by atomic mass is 9.89. The molecule has 0 aromatic heterocycles. The summed E-state index contributed by atoms with van der Waals surface area (Å²) in [4.78, 5) is 4.30. The number of guanidine groups is 1. The van der Waals surface area contributed by atoms with Crippen LogP contribution in [0.15, 0.2) is 4.99 Å². The Morgan fingerprint density at radius 1 is 1.24 bits per heavy atom. The molecule has 1 rings (SSSR count). The van der Waals surface area contributed by atoms with E-state index in [-0.39, 0.29) is 0 Å². The standard InChI is InChI=1S/C14H29N3/c1-11(2)12(3)17-13(15-5)16-10-14(4)8-6-7-9-14/h11-12H,6-10H2,1-5H3,(H2,15,16,17). The Bertz CT molecular complexity index is 252. The Kier molecular flexibility index (Phi) is 5.29. The molecule has 1 unspecified atom stereocenters. The van der Waals surface area contributed by atoms with Gasteiger partial charge in [-0.05, 0) is 31.1 Å². The van der Waals surface area contributed by atoms with E-state index in [9.17, 15) is 0 Å². The van der Waals surface area contributed by atoms with Gasteiger partial charge < -0.3 is 10.6 Å². The van der Waals surface area contributed by atoms with Crippen molar-refractivity contribution in [2.45, 2.75) is 59.4 Å². The number of nitrogens with zero attached hydrogens (tertiary/aromatic N) is 1. The first-order chi connectivity index (χ1) is 7.97. The lowest BCUT2D eigenvalue weighted by molar-refractivity contribution is 0.332. The summed E-state index contributed by atoms with van der Waals surface area (Å²) < 4.78 is 0. The molecule has 1 aliphatic carbocycles. The van der Waals surface area contributed by atoms with Crippen LogP contribution in [-0.2, 0) is 0 Å². The fourth-order valence-electron chi connectivity index (χ4n) is 2.28. The van der Waals surface area contributed by atoms with Gasteiger partial charge in [0.25, 0.3) is 0 Å². The molecule has 3 heteroatoms. The number of nitrogens with one attached hydrogen (secondary N) is 2. The Labute approximate surface area is 106 Å². The second-order valence-electron chi connectivity index (χ2n) is 6.12. The molecule has 2 N–H and O–H groups in total. The van der Waals surface area contributed by atoms with Crippen LogP contribution >= 0.6 is 0 Å². The average Bonchev–Trinajstić information content (AvgIpc) is 2.71. The zero-order valence-electron chi connectivity index (χ0n) is 12.1. The maximum absolute atomic E-state index is 4.30. The molecular weight excluding hydrogens is 210 g/mol. The third-order valence-corrected chi connectivity index (χ3v) is 4.08. The highest BCUT2D eigenvalue weighted by atomic mass is 15.2. The molecule has 0 radical (unpaired) electrons. The second kappa shape index (κ2) is 6.27. The van der Waals surface area contributed by atoms with Crippen LogP contribution in [0.25, 0.3) is 0 Å². The second-order valence-corrected chi connectivity index (χ2v) is 6.12. The van der Waals surface area contributed by atoms with Crippen molar-refractivity contribution in [1.29, 1.82) is 0 Å². The summed E-state index contributed by atoms with van der Waals surface area (Å²) >= 11 is 0. The van der Waals surface area contributed by atoms with Crippen molar-refractivity contribution in [3.63, 3.8) is 0 Å². The van der Waals surface area contributed by atoms with Gasteiger partial charge in [0, 0.05) is 19.6 Å². The minimum Gasteiger partial charge on any atom is -0.356 e. The summed E-state index contributed by atoms with van der Waals surface area (Å²) in [6, 6.07) is 0.456. The molecule has 1 atom stereocenters. The monoisotopic (exact) mass is 239 g/mol. The predicted octanol–water partition coefficient (Wildman–Crippen LogP) is 2.78. The highest BCUT2D eigenvalue weighted by molar-refractivity contribution is 5.79. The molecule has 0 amide bonds. The maximum atomic E-state index is 4.30. The third kappa shape index (κ3) is 4.57. The van der Waals surface area contributed by atoms with E-state index in [1.165, 1.54) is 25.7 Å². The summed E-state index contributed by atoms with van der Waals surface area (Å²) in [6.45, 7) is 10.1. The highest BCUT2D eigenvalue weighted by Gasteiger charge is 2.28. The van der Waals surface area contributed by atoms with Gasteiger partial charge in [-0.2, -0.15) is 0 Å². The first-order valence-electron chi connectivity index (χ1n) is 6.94. The summed E-state index contributed by atoms with van der Waals surface area (Å²) in [7, 11) is 1.85. The van der Waals surface area contributed by atoms with Crippen molar-refractivity contribution in [1.82, 2.24) is 10.6 Å². The molecule has 1 aliphatic rings. The zero-order chi connectivity index (χ0) is 12.9. The fraction of sp³-hybridized carbons (Fsp3) is 0.929. The molecule has 17 heavy (non-hydrogen) atoms. The zero-order valence-corrected chi connectivity index (χ0v) is 12.1. The molecule has 100 valence electrons. The van der Waals surface area contributed by atoms with E-state index in [1.54, 1.807) is 0 Å². The third-order valence-electron chi connectivity index (χ3n) is 4.08. The summed E-state index contributed by atoms with van der Waals surface area (Å²) in [5.41, 5.74) is 0.471. The maximum Gasteiger partial charge on any atom is 0.191 e. The van der Waals surface area contributed by atoms with E-state index < -0.39 is 0 Å². The number of aliphatic imine (C=N–C) groups is 1. The Hall–Kier alpha value is -0.730. The van der Waals surface area contributed by atoms with E-state index in [0.717, 1.165) is 12.5 Å². The average molecular weight is 239 g/mol. The van der Waals surface area contributed by atoms with Gasteiger partial charge in [0.15, 0.2) is 5.96 Å². The SMILES string of the molecule is CN=C(NCC1(C)CCCC1)NC(C)C(C)C. The molecule has 3 nitrogen and oxygen atoms in total. The first kappa shape index (κ1) is 14.3. The van der Waals surface area contributed by atoms with Gasteiger partial charge in [-0.3, -0.25) is 4.99 Å². The van der Waals surface area contributed by atoms with E-state index in [0.29, 0.717) is 17.4 Å². The molecule has 0 aromatic carbocycles. The predicted molar refractivity (Wildman–Crippen MR) is 75.4 cm³/mol. The van der Waals surface area contributed by atoms with Gasteiger partial charge in [0.1, 0.15) is 0 Å². The normalized spacial score (nSPS) is 21.6. The van der Waals surface area contributed by atoms with Crippen LogP contribution in [0.2, 0.25) is 0 Å². The van der Waals surface area contributed by atoms with Crippen LogP contribution in [0, 0.1) is 11.3 Å². The van der Waals surface area contributed by atoms with Crippen LogP contribution < -0.4 is 10.6 Å². The van der Waals surface area contributed by atoms with Crippen molar-refractivity contribution >= 4 is 5.96 Å². The highest BCUT2D eigenvalue weighted by Crippen LogP contribution is 2.36. The van der Waals surface area contributed by atoms with E-state index in [4.69, 9.17) is 0 Å². The van der Waals surface area contributed by atoms with Gasteiger partial charge in [-0.25, -0.2) is 0 Å². The van der Waals surface area contributed by atoms with Crippen LogP contribution in [0.4, 0.5) is 0 Å². The van der Waals surface area contributed by atoms with Crippen LogP contribution in [0.1, 0.15) is 53.4 Å². The van der Waals surface area contributed by atoms with Gasteiger partial charge in [0.05, 0.1) is 0 Å². The van der Waals surface area contributed by atoms with E-state index in [2.05, 4.69) is 43.3 Å². The van der Waals surface area contributed by atoms with E-state index >= 15 is 0 Å². The molecule has 0 aliphatic heterocycles. The summed E-state index contributed by atoms with van der Waals surface area (Å²) in [5.74, 6) is 1.56. The molecule has 1 fully saturated rings. The quantitative estimate of drug-likeness (QED) is 0.584. The molecule has 0 aromatic rings. The van der Waals surface area contributed by atoms with Crippen molar-refractivity contribution in [2.75, 3.05) is 13.6 Å². The molecule has 0 heterocycles. The largest absolute Gasteiger partial charge is 0.356 e. The van der Waals surface area contributed by atoms with Crippen LogP contribution in [-0.4, -0.2) is 25.6 Å². The van der Waals surface area contributed by atoms with Crippen molar-refractivity contribution < 1.29 is 0 Å². The van der Waals surface area contributed by atoms with Crippen LogP contribution in [0.5, 0.6) is 0 Å². The molecular formula is C14H29N3. The number of hydrogen-bond acceptors (Lipinski definition) is 1. The Morgan fingerprint density at radius 2 is 1.82 bits per heavy atom. The smallest absolute Gasteiger partial charge is 0.191 e. The molecule has 0 spiro atoms. The van der Waals surface area contributed by atoms with Crippen molar-refractivity contribution in [3.05, 3.63) is 0 Å². The summed E-state index contributed by atoms with van der Waals surface area (Å²) in [6.07, 6.45) is 5.45. The minimum atomic E-state index is 0.456. The van der Waals surface area contributed by atoms with Gasteiger partial charge in [-0.15, -0.1) is 0 Å². The molecule has 0 saturated heterocycles. The minimum absolute atomic E-state index is 0.456.